The quantitative estimate of drug-likeness (QED) is 0.542. The number of carbonyl (C=O) groups excluding carboxylic acids is 1. The largest absolute Gasteiger partial charge is 0.497 e. The molecule has 0 aliphatic carbocycles. The van der Waals surface area contributed by atoms with E-state index in [1.54, 1.807) is 26.2 Å². The van der Waals surface area contributed by atoms with Crippen LogP contribution in [0.3, 0.4) is 0 Å². The molecule has 0 saturated carbocycles. The minimum atomic E-state index is -3.77. The molecule has 2 rings (SSSR count). The molecule has 176 valence electrons. The zero-order valence-electron chi connectivity index (χ0n) is 19.3. The molecule has 0 radical (unpaired) electrons. The van der Waals surface area contributed by atoms with Crippen LogP contribution in [0.4, 0.5) is 5.69 Å². The Balaban J connectivity index is 2.34. The van der Waals surface area contributed by atoms with E-state index in [9.17, 15) is 13.2 Å². The lowest BCUT2D eigenvalue weighted by Crippen LogP contribution is -2.48. The standard InChI is InChI=1S/C23H31ClN2O5S/c1-15(2)13-21(17-7-10-19(30-4)11-8-17)25-23(27)16(3)26(32(6,28)29)18-9-12-22(31-5)20(24)14-18/h7-12,14-16,21H,13H2,1-6H3,(H,25,27). The van der Waals surface area contributed by atoms with Crippen molar-refractivity contribution >= 4 is 33.2 Å². The fraction of sp³-hybridized carbons (Fsp3) is 0.435. The Hall–Kier alpha value is -2.45. The highest BCUT2D eigenvalue weighted by molar-refractivity contribution is 7.92. The molecule has 0 fully saturated rings. The van der Waals surface area contributed by atoms with E-state index in [1.807, 2.05) is 24.3 Å². The van der Waals surface area contributed by atoms with Gasteiger partial charge in [0.25, 0.3) is 0 Å². The molecule has 2 unspecified atom stereocenters. The van der Waals surface area contributed by atoms with Gasteiger partial charge in [-0.05, 0) is 55.2 Å². The molecule has 0 aliphatic heterocycles. The van der Waals surface area contributed by atoms with E-state index < -0.39 is 22.0 Å². The van der Waals surface area contributed by atoms with Gasteiger partial charge in [0, 0.05) is 0 Å². The Morgan fingerprint density at radius 2 is 1.69 bits per heavy atom. The third-order valence-corrected chi connectivity index (χ3v) is 6.56. The van der Waals surface area contributed by atoms with Crippen molar-refractivity contribution in [2.45, 2.75) is 39.3 Å². The second-order valence-electron chi connectivity index (χ2n) is 8.02. The highest BCUT2D eigenvalue weighted by Crippen LogP contribution is 2.31. The summed E-state index contributed by atoms with van der Waals surface area (Å²) in [7, 11) is -0.710. The van der Waals surface area contributed by atoms with Gasteiger partial charge in [0.1, 0.15) is 17.5 Å². The van der Waals surface area contributed by atoms with Gasteiger partial charge in [0.05, 0.1) is 37.2 Å². The van der Waals surface area contributed by atoms with Crippen LogP contribution in [-0.2, 0) is 14.8 Å². The lowest BCUT2D eigenvalue weighted by molar-refractivity contribution is -0.122. The first-order valence-electron chi connectivity index (χ1n) is 10.2. The number of amides is 1. The average Bonchev–Trinajstić information content (AvgIpc) is 2.72. The van der Waals surface area contributed by atoms with E-state index in [1.165, 1.54) is 13.2 Å². The summed E-state index contributed by atoms with van der Waals surface area (Å²) < 4.78 is 36.6. The fourth-order valence-corrected chi connectivity index (χ4v) is 4.90. The summed E-state index contributed by atoms with van der Waals surface area (Å²) in [5.74, 6) is 1.03. The van der Waals surface area contributed by atoms with Crippen LogP contribution >= 0.6 is 11.6 Å². The minimum Gasteiger partial charge on any atom is -0.497 e. The number of sulfonamides is 1. The zero-order valence-corrected chi connectivity index (χ0v) is 20.8. The molecule has 0 aromatic heterocycles. The summed E-state index contributed by atoms with van der Waals surface area (Å²) in [4.78, 5) is 13.2. The number of benzene rings is 2. The number of halogens is 1. The van der Waals surface area contributed by atoms with Crippen molar-refractivity contribution in [3.05, 3.63) is 53.1 Å². The molecule has 0 bridgehead atoms. The molecule has 2 aromatic carbocycles. The van der Waals surface area contributed by atoms with Gasteiger partial charge in [-0.3, -0.25) is 9.10 Å². The number of hydrogen-bond acceptors (Lipinski definition) is 5. The van der Waals surface area contributed by atoms with Crippen LogP contribution in [-0.4, -0.2) is 40.8 Å². The average molecular weight is 483 g/mol. The van der Waals surface area contributed by atoms with Crippen molar-refractivity contribution in [3.63, 3.8) is 0 Å². The first-order chi connectivity index (χ1) is 15.0. The van der Waals surface area contributed by atoms with E-state index in [0.29, 0.717) is 18.1 Å². The molecule has 0 heterocycles. The normalized spacial score (nSPS) is 13.4. The predicted octanol–water partition coefficient (Wildman–Crippen LogP) is 4.42. The molecular formula is C23H31ClN2O5S. The number of methoxy groups -OCH3 is 2. The maximum absolute atomic E-state index is 13.2. The van der Waals surface area contributed by atoms with E-state index in [4.69, 9.17) is 21.1 Å². The number of ether oxygens (including phenoxy) is 2. The molecule has 7 nitrogen and oxygen atoms in total. The lowest BCUT2D eigenvalue weighted by Gasteiger charge is -2.30. The van der Waals surface area contributed by atoms with E-state index in [-0.39, 0.29) is 16.8 Å². The molecule has 0 aliphatic rings. The number of rotatable bonds is 10. The molecular weight excluding hydrogens is 452 g/mol. The summed E-state index contributed by atoms with van der Waals surface area (Å²) in [6, 6.07) is 10.8. The van der Waals surface area contributed by atoms with Gasteiger partial charge in [-0.25, -0.2) is 8.42 Å². The molecule has 0 saturated heterocycles. The molecule has 9 heteroatoms. The van der Waals surface area contributed by atoms with Gasteiger partial charge in [0.15, 0.2) is 0 Å². The molecule has 2 aromatic rings. The van der Waals surface area contributed by atoms with Gasteiger partial charge in [-0.1, -0.05) is 37.6 Å². The topological polar surface area (TPSA) is 84.9 Å². The third kappa shape index (κ3) is 6.53. The maximum Gasteiger partial charge on any atom is 0.244 e. The number of nitrogens with zero attached hydrogens (tertiary/aromatic N) is 1. The number of nitrogens with one attached hydrogen (secondary N) is 1. The number of hydrogen-bond donors (Lipinski definition) is 1. The Kier molecular flexibility index (Phi) is 8.81. The summed E-state index contributed by atoms with van der Waals surface area (Å²) >= 11 is 6.20. The lowest BCUT2D eigenvalue weighted by atomic mass is 9.96. The number of carbonyl (C=O) groups is 1. The molecule has 0 spiro atoms. The summed E-state index contributed by atoms with van der Waals surface area (Å²) in [5.41, 5.74) is 1.20. The van der Waals surface area contributed by atoms with Gasteiger partial charge in [0.2, 0.25) is 15.9 Å². The van der Waals surface area contributed by atoms with E-state index in [2.05, 4.69) is 19.2 Å². The van der Waals surface area contributed by atoms with Crippen LogP contribution in [0.15, 0.2) is 42.5 Å². The Morgan fingerprint density at radius 1 is 1.06 bits per heavy atom. The predicted molar refractivity (Wildman–Crippen MR) is 128 cm³/mol. The van der Waals surface area contributed by atoms with Gasteiger partial charge in [-0.2, -0.15) is 0 Å². The van der Waals surface area contributed by atoms with E-state index >= 15 is 0 Å². The van der Waals surface area contributed by atoms with Crippen LogP contribution in [0.5, 0.6) is 11.5 Å². The van der Waals surface area contributed by atoms with Gasteiger partial charge in [-0.15, -0.1) is 0 Å². The van der Waals surface area contributed by atoms with Crippen molar-refractivity contribution in [2.75, 3.05) is 24.8 Å². The summed E-state index contributed by atoms with van der Waals surface area (Å²) in [6.07, 6.45) is 1.75. The molecule has 2 atom stereocenters. The van der Waals surface area contributed by atoms with Crippen molar-refractivity contribution < 1.29 is 22.7 Å². The van der Waals surface area contributed by atoms with Crippen molar-refractivity contribution in [2.24, 2.45) is 5.92 Å². The third-order valence-electron chi connectivity index (χ3n) is 5.02. The maximum atomic E-state index is 13.2. The Bertz CT molecular complexity index is 1030. The van der Waals surface area contributed by atoms with Gasteiger partial charge < -0.3 is 14.8 Å². The van der Waals surface area contributed by atoms with Crippen LogP contribution in [0.25, 0.3) is 0 Å². The molecule has 1 amide bonds. The minimum absolute atomic E-state index is 0.252. The first-order valence-corrected chi connectivity index (χ1v) is 12.5. The highest BCUT2D eigenvalue weighted by atomic mass is 35.5. The van der Waals surface area contributed by atoms with Gasteiger partial charge >= 0.3 is 0 Å². The Labute approximate surface area is 195 Å². The van der Waals surface area contributed by atoms with Crippen molar-refractivity contribution in [1.29, 1.82) is 0 Å². The van der Waals surface area contributed by atoms with Crippen molar-refractivity contribution in [1.82, 2.24) is 5.32 Å². The molecule has 32 heavy (non-hydrogen) atoms. The zero-order chi connectivity index (χ0) is 24.1. The summed E-state index contributed by atoms with van der Waals surface area (Å²) in [6.45, 7) is 5.68. The second-order valence-corrected chi connectivity index (χ2v) is 10.3. The first kappa shape index (κ1) is 25.8. The highest BCUT2D eigenvalue weighted by Gasteiger charge is 2.31. The van der Waals surface area contributed by atoms with Crippen molar-refractivity contribution in [3.8, 4) is 11.5 Å². The monoisotopic (exact) mass is 482 g/mol. The van der Waals surface area contributed by atoms with Crippen LogP contribution in [0, 0.1) is 5.92 Å². The smallest absolute Gasteiger partial charge is 0.244 e. The van der Waals surface area contributed by atoms with Crippen LogP contribution in [0.2, 0.25) is 5.02 Å². The van der Waals surface area contributed by atoms with Crippen LogP contribution < -0.4 is 19.1 Å². The SMILES string of the molecule is COc1ccc(C(CC(C)C)NC(=O)C(C)N(c2ccc(OC)c(Cl)c2)S(C)(=O)=O)cc1. The van der Waals surface area contributed by atoms with Crippen LogP contribution in [0.1, 0.15) is 38.8 Å². The van der Waals surface area contributed by atoms with E-state index in [0.717, 1.165) is 21.9 Å². The fourth-order valence-electron chi connectivity index (χ4n) is 3.48. The second kappa shape index (κ2) is 10.9. The molecule has 1 N–H and O–H groups in total. The Morgan fingerprint density at radius 3 is 2.16 bits per heavy atom. The number of anilines is 1. The summed E-state index contributed by atoms with van der Waals surface area (Å²) in [5, 5.41) is 3.27.